The molecule has 0 saturated carbocycles. The summed E-state index contributed by atoms with van der Waals surface area (Å²) in [7, 11) is 0. The van der Waals surface area contributed by atoms with Gasteiger partial charge in [-0.05, 0) is 67.4 Å². The minimum absolute atomic E-state index is 0.225. The highest BCUT2D eigenvalue weighted by molar-refractivity contribution is 6.30. The van der Waals surface area contributed by atoms with Crippen LogP contribution in [-0.2, 0) is 4.79 Å². The molecule has 0 unspecified atom stereocenters. The molecule has 0 fully saturated rings. The molecule has 0 bridgehead atoms. The quantitative estimate of drug-likeness (QED) is 0.401. The topological polar surface area (TPSA) is 55.1 Å². The number of rotatable bonds is 4. The van der Waals surface area contributed by atoms with Gasteiger partial charge in [0.1, 0.15) is 5.52 Å². The zero-order chi connectivity index (χ0) is 20.4. The highest BCUT2D eigenvalue weighted by Gasteiger charge is 2.11. The van der Waals surface area contributed by atoms with Crippen LogP contribution in [0.5, 0.6) is 0 Å². The van der Waals surface area contributed by atoms with Gasteiger partial charge in [-0.25, -0.2) is 4.98 Å². The number of anilines is 1. The Kier molecular flexibility index (Phi) is 5.19. The number of nitrogens with zero attached hydrogens (tertiary/aromatic N) is 1. The van der Waals surface area contributed by atoms with Gasteiger partial charge in [0.05, 0.1) is 0 Å². The molecule has 1 heterocycles. The Morgan fingerprint density at radius 1 is 1.03 bits per heavy atom. The molecule has 0 spiro atoms. The first-order chi connectivity index (χ1) is 14.0. The molecule has 5 heteroatoms. The lowest BCUT2D eigenvalue weighted by Crippen LogP contribution is -2.07. The number of aromatic nitrogens is 1. The molecule has 3 aromatic carbocycles. The summed E-state index contributed by atoms with van der Waals surface area (Å²) in [5.41, 5.74) is 6.19. The summed E-state index contributed by atoms with van der Waals surface area (Å²) in [6.45, 7) is 4.09. The highest BCUT2D eigenvalue weighted by atomic mass is 35.5. The molecule has 1 N–H and O–H groups in total. The molecule has 4 nitrogen and oxygen atoms in total. The first kappa shape index (κ1) is 19.0. The van der Waals surface area contributed by atoms with Gasteiger partial charge in [0.15, 0.2) is 5.58 Å². The van der Waals surface area contributed by atoms with Crippen LogP contribution in [-0.4, -0.2) is 10.9 Å². The lowest BCUT2D eigenvalue weighted by atomic mass is 10.1. The van der Waals surface area contributed by atoms with Crippen molar-refractivity contribution in [2.75, 3.05) is 5.32 Å². The van der Waals surface area contributed by atoms with E-state index in [9.17, 15) is 4.79 Å². The monoisotopic (exact) mass is 402 g/mol. The van der Waals surface area contributed by atoms with E-state index in [-0.39, 0.29) is 5.91 Å². The fraction of sp³-hybridized carbons (Fsp3) is 0.0833. The molecule has 4 rings (SSSR count). The fourth-order valence-electron chi connectivity index (χ4n) is 3.10. The molecule has 0 saturated heterocycles. The largest absolute Gasteiger partial charge is 0.436 e. The van der Waals surface area contributed by atoms with E-state index in [1.54, 1.807) is 30.3 Å². The van der Waals surface area contributed by atoms with Gasteiger partial charge in [0, 0.05) is 22.3 Å². The number of benzene rings is 3. The number of hydrogen-bond donors (Lipinski definition) is 1. The minimum atomic E-state index is -0.225. The number of carbonyl (C=O) groups is 1. The van der Waals surface area contributed by atoms with Crippen LogP contribution in [0.2, 0.25) is 5.02 Å². The van der Waals surface area contributed by atoms with Crippen LogP contribution in [0, 0.1) is 13.8 Å². The number of hydrogen-bond acceptors (Lipinski definition) is 3. The van der Waals surface area contributed by atoms with Gasteiger partial charge < -0.3 is 9.73 Å². The Bertz CT molecular complexity index is 1220. The van der Waals surface area contributed by atoms with E-state index in [4.69, 9.17) is 16.0 Å². The van der Waals surface area contributed by atoms with Crippen molar-refractivity contribution in [1.29, 1.82) is 0 Å². The summed E-state index contributed by atoms with van der Waals surface area (Å²) in [6.07, 6.45) is 3.22. The van der Waals surface area contributed by atoms with Crippen molar-refractivity contribution in [2.45, 2.75) is 13.8 Å². The van der Waals surface area contributed by atoms with Crippen LogP contribution in [0.1, 0.15) is 16.7 Å². The van der Waals surface area contributed by atoms with Crippen molar-refractivity contribution < 1.29 is 9.21 Å². The standard InChI is InChI=1S/C24H19ClN2O2/c1-15-3-10-20(16(2)13-15)24-27-21-14-19(9-11-22(21)29-24)26-23(28)12-6-17-4-7-18(25)8-5-17/h3-14H,1-2H3,(H,26,28)/b12-6+. The average molecular weight is 403 g/mol. The predicted octanol–water partition coefficient (Wildman–Crippen LogP) is 6.42. The van der Waals surface area contributed by atoms with E-state index in [2.05, 4.69) is 23.3 Å². The maximum atomic E-state index is 12.2. The Hall–Kier alpha value is -3.37. The number of fused-ring (bicyclic) bond motifs is 1. The van der Waals surface area contributed by atoms with E-state index < -0.39 is 0 Å². The second kappa shape index (κ2) is 7.94. The number of aryl methyl sites for hydroxylation is 2. The molecule has 4 aromatic rings. The number of halogens is 1. The van der Waals surface area contributed by atoms with Crippen molar-refractivity contribution in [3.63, 3.8) is 0 Å². The van der Waals surface area contributed by atoms with Gasteiger partial charge in [-0.2, -0.15) is 0 Å². The van der Waals surface area contributed by atoms with Crippen LogP contribution in [0.3, 0.4) is 0 Å². The third kappa shape index (κ3) is 4.39. The molecule has 0 radical (unpaired) electrons. The molecule has 1 amide bonds. The zero-order valence-corrected chi connectivity index (χ0v) is 16.8. The van der Waals surface area contributed by atoms with E-state index in [0.29, 0.717) is 27.7 Å². The number of carbonyl (C=O) groups excluding carboxylic acids is 1. The lowest BCUT2D eigenvalue weighted by molar-refractivity contribution is -0.111. The van der Waals surface area contributed by atoms with E-state index in [0.717, 1.165) is 16.7 Å². The van der Waals surface area contributed by atoms with Gasteiger partial charge in [0.25, 0.3) is 0 Å². The molecule has 144 valence electrons. The van der Waals surface area contributed by atoms with Gasteiger partial charge >= 0.3 is 0 Å². The fourth-order valence-corrected chi connectivity index (χ4v) is 3.23. The number of amides is 1. The Labute approximate surface area is 173 Å². The van der Waals surface area contributed by atoms with Gasteiger partial charge in [0.2, 0.25) is 11.8 Å². The van der Waals surface area contributed by atoms with Gasteiger partial charge in [-0.15, -0.1) is 0 Å². The molecular weight excluding hydrogens is 384 g/mol. The van der Waals surface area contributed by atoms with Crippen molar-refractivity contribution in [1.82, 2.24) is 4.98 Å². The smallest absolute Gasteiger partial charge is 0.248 e. The SMILES string of the molecule is Cc1ccc(-c2nc3cc(NC(=O)/C=C/c4ccc(Cl)cc4)ccc3o2)c(C)c1. The normalized spacial score (nSPS) is 11.3. The molecule has 0 aliphatic heterocycles. The average Bonchev–Trinajstić information content (AvgIpc) is 3.10. The van der Waals surface area contributed by atoms with E-state index in [1.165, 1.54) is 11.6 Å². The van der Waals surface area contributed by atoms with Crippen molar-refractivity contribution in [3.8, 4) is 11.5 Å². The molecule has 29 heavy (non-hydrogen) atoms. The molecule has 0 aliphatic carbocycles. The second-order valence-corrected chi connectivity index (χ2v) is 7.33. The van der Waals surface area contributed by atoms with Crippen LogP contribution in [0.4, 0.5) is 5.69 Å². The van der Waals surface area contributed by atoms with Crippen LogP contribution in [0.15, 0.2) is 71.2 Å². The maximum absolute atomic E-state index is 12.2. The first-order valence-electron chi connectivity index (χ1n) is 9.21. The molecular formula is C24H19ClN2O2. The summed E-state index contributed by atoms with van der Waals surface area (Å²) < 4.78 is 5.90. The Balaban J connectivity index is 1.53. The van der Waals surface area contributed by atoms with E-state index >= 15 is 0 Å². The summed E-state index contributed by atoms with van der Waals surface area (Å²) in [6, 6.07) is 18.8. The van der Waals surface area contributed by atoms with Crippen molar-refractivity contribution >= 4 is 40.4 Å². The van der Waals surface area contributed by atoms with Crippen LogP contribution >= 0.6 is 11.6 Å². The second-order valence-electron chi connectivity index (χ2n) is 6.89. The van der Waals surface area contributed by atoms with E-state index in [1.807, 2.05) is 37.3 Å². The maximum Gasteiger partial charge on any atom is 0.248 e. The number of oxazole rings is 1. The summed E-state index contributed by atoms with van der Waals surface area (Å²) in [4.78, 5) is 16.8. The van der Waals surface area contributed by atoms with Crippen LogP contribution in [0.25, 0.3) is 28.6 Å². The van der Waals surface area contributed by atoms with Gasteiger partial charge in [-0.3, -0.25) is 4.79 Å². The zero-order valence-electron chi connectivity index (χ0n) is 16.1. The summed E-state index contributed by atoms with van der Waals surface area (Å²) >= 11 is 5.87. The first-order valence-corrected chi connectivity index (χ1v) is 9.58. The lowest BCUT2D eigenvalue weighted by Gasteiger charge is -2.01. The highest BCUT2D eigenvalue weighted by Crippen LogP contribution is 2.28. The molecule has 0 atom stereocenters. The Morgan fingerprint density at radius 3 is 2.59 bits per heavy atom. The summed E-state index contributed by atoms with van der Waals surface area (Å²) in [5.74, 6) is 0.348. The third-order valence-electron chi connectivity index (χ3n) is 4.56. The minimum Gasteiger partial charge on any atom is -0.436 e. The van der Waals surface area contributed by atoms with Crippen molar-refractivity contribution in [2.24, 2.45) is 0 Å². The summed E-state index contributed by atoms with van der Waals surface area (Å²) in [5, 5.41) is 3.51. The molecule has 0 aliphatic rings. The Morgan fingerprint density at radius 2 is 1.83 bits per heavy atom. The molecule has 1 aromatic heterocycles. The number of nitrogens with one attached hydrogen (secondary N) is 1. The predicted molar refractivity (Wildman–Crippen MR) is 118 cm³/mol. The third-order valence-corrected chi connectivity index (χ3v) is 4.82. The van der Waals surface area contributed by atoms with Gasteiger partial charge in [-0.1, -0.05) is 41.4 Å². The van der Waals surface area contributed by atoms with Crippen molar-refractivity contribution in [3.05, 3.63) is 88.5 Å². The van der Waals surface area contributed by atoms with Crippen LogP contribution < -0.4 is 5.32 Å².